The zero-order valence-corrected chi connectivity index (χ0v) is 13.7. The van der Waals surface area contributed by atoms with Crippen LogP contribution in [0.3, 0.4) is 0 Å². The van der Waals surface area contributed by atoms with Gasteiger partial charge in [-0.25, -0.2) is 0 Å². The molecule has 122 valence electrons. The SMILES string of the molecule is O=Cc1ccc(N2N=C(c3ccccc3)C[C@H]2c2ccccc2)cc1. The van der Waals surface area contributed by atoms with E-state index in [2.05, 4.69) is 41.4 Å². The lowest BCUT2D eigenvalue weighted by Gasteiger charge is -2.24. The lowest BCUT2D eigenvalue weighted by molar-refractivity contribution is 0.112. The number of aldehydes is 1. The number of carbonyl (C=O) groups excluding carboxylic acids is 1. The third-order valence-electron chi connectivity index (χ3n) is 4.50. The van der Waals surface area contributed by atoms with Crippen LogP contribution in [0.5, 0.6) is 0 Å². The van der Waals surface area contributed by atoms with E-state index in [1.165, 1.54) is 5.56 Å². The molecule has 1 atom stereocenters. The van der Waals surface area contributed by atoms with Crippen LogP contribution in [-0.2, 0) is 0 Å². The minimum Gasteiger partial charge on any atom is -0.298 e. The topological polar surface area (TPSA) is 32.7 Å². The molecule has 0 bridgehead atoms. The van der Waals surface area contributed by atoms with E-state index in [1.807, 2.05) is 48.5 Å². The lowest BCUT2D eigenvalue weighted by Crippen LogP contribution is -2.18. The Morgan fingerprint density at radius 1 is 0.840 bits per heavy atom. The standard InChI is InChI=1S/C22H18N2O/c25-16-17-11-13-20(14-12-17)24-22(19-9-5-2-6-10-19)15-21(23-24)18-7-3-1-4-8-18/h1-14,16,22H,15H2/t22-/m0/s1. The first kappa shape index (κ1) is 15.3. The molecule has 1 aliphatic rings. The summed E-state index contributed by atoms with van der Waals surface area (Å²) in [6.45, 7) is 0. The van der Waals surface area contributed by atoms with Gasteiger partial charge in [-0.05, 0) is 35.4 Å². The zero-order chi connectivity index (χ0) is 17.1. The molecule has 0 saturated heterocycles. The van der Waals surface area contributed by atoms with Crippen molar-refractivity contribution in [3.63, 3.8) is 0 Å². The molecule has 3 heteroatoms. The molecule has 25 heavy (non-hydrogen) atoms. The van der Waals surface area contributed by atoms with Crippen LogP contribution in [-0.4, -0.2) is 12.0 Å². The summed E-state index contributed by atoms with van der Waals surface area (Å²) in [4.78, 5) is 10.9. The summed E-state index contributed by atoms with van der Waals surface area (Å²) in [6, 6.07) is 28.4. The van der Waals surface area contributed by atoms with Crippen molar-refractivity contribution in [3.8, 4) is 0 Å². The van der Waals surface area contributed by atoms with Crippen LogP contribution >= 0.6 is 0 Å². The molecule has 0 N–H and O–H groups in total. The molecule has 0 radical (unpaired) electrons. The predicted octanol–water partition coefficient (Wildman–Crippen LogP) is 4.85. The van der Waals surface area contributed by atoms with Gasteiger partial charge in [-0.3, -0.25) is 9.80 Å². The molecule has 0 aromatic heterocycles. The Kier molecular flexibility index (Phi) is 4.13. The second-order valence-corrected chi connectivity index (χ2v) is 6.10. The summed E-state index contributed by atoms with van der Waals surface area (Å²) >= 11 is 0. The third-order valence-corrected chi connectivity index (χ3v) is 4.50. The second kappa shape index (κ2) is 6.73. The van der Waals surface area contributed by atoms with Crippen molar-refractivity contribution >= 4 is 17.7 Å². The van der Waals surface area contributed by atoms with Crippen molar-refractivity contribution in [3.05, 3.63) is 102 Å². The molecule has 0 fully saturated rings. The van der Waals surface area contributed by atoms with E-state index >= 15 is 0 Å². The Morgan fingerprint density at radius 2 is 1.48 bits per heavy atom. The summed E-state index contributed by atoms with van der Waals surface area (Å²) in [7, 11) is 0. The molecule has 3 aromatic carbocycles. The van der Waals surface area contributed by atoms with Gasteiger partial charge in [-0.15, -0.1) is 0 Å². The van der Waals surface area contributed by atoms with E-state index in [0.29, 0.717) is 5.56 Å². The monoisotopic (exact) mass is 326 g/mol. The van der Waals surface area contributed by atoms with E-state index in [9.17, 15) is 4.79 Å². The first-order valence-electron chi connectivity index (χ1n) is 8.37. The first-order valence-corrected chi connectivity index (χ1v) is 8.37. The summed E-state index contributed by atoms with van der Waals surface area (Å²) in [5.74, 6) is 0. The molecule has 3 nitrogen and oxygen atoms in total. The summed E-state index contributed by atoms with van der Waals surface area (Å²) in [6.07, 6.45) is 1.71. The van der Waals surface area contributed by atoms with E-state index in [4.69, 9.17) is 5.10 Å². The largest absolute Gasteiger partial charge is 0.298 e. The van der Waals surface area contributed by atoms with Crippen LogP contribution in [0.1, 0.15) is 33.9 Å². The van der Waals surface area contributed by atoms with Crippen LogP contribution in [0.4, 0.5) is 5.69 Å². The van der Waals surface area contributed by atoms with Gasteiger partial charge in [0.2, 0.25) is 0 Å². The van der Waals surface area contributed by atoms with Gasteiger partial charge in [0.1, 0.15) is 6.29 Å². The highest BCUT2D eigenvalue weighted by Crippen LogP contribution is 2.36. The molecule has 0 spiro atoms. The lowest BCUT2D eigenvalue weighted by atomic mass is 9.98. The van der Waals surface area contributed by atoms with Gasteiger partial charge in [-0.1, -0.05) is 60.7 Å². The van der Waals surface area contributed by atoms with Gasteiger partial charge in [-0.2, -0.15) is 5.10 Å². The van der Waals surface area contributed by atoms with Crippen molar-refractivity contribution in [1.29, 1.82) is 0 Å². The first-order chi connectivity index (χ1) is 12.3. The minimum atomic E-state index is 0.151. The molecule has 4 rings (SSSR count). The molecular formula is C22H18N2O. The fraction of sp³-hybridized carbons (Fsp3) is 0.0909. The van der Waals surface area contributed by atoms with Crippen LogP contribution in [0.25, 0.3) is 0 Å². The molecular weight excluding hydrogens is 308 g/mol. The predicted molar refractivity (Wildman–Crippen MR) is 101 cm³/mol. The molecule has 1 aliphatic heterocycles. The maximum atomic E-state index is 10.9. The molecule has 0 unspecified atom stereocenters. The van der Waals surface area contributed by atoms with E-state index in [0.717, 1.165) is 29.7 Å². The van der Waals surface area contributed by atoms with Crippen molar-refractivity contribution < 1.29 is 4.79 Å². The van der Waals surface area contributed by atoms with Gasteiger partial charge >= 0.3 is 0 Å². The summed E-state index contributed by atoms with van der Waals surface area (Å²) < 4.78 is 0. The molecule has 0 aliphatic carbocycles. The van der Waals surface area contributed by atoms with Gasteiger partial charge in [0.25, 0.3) is 0 Å². The second-order valence-electron chi connectivity index (χ2n) is 6.10. The van der Waals surface area contributed by atoms with Crippen molar-refractivity contribution in [2.45, 2.75) is 12.5 Å². The van der Waals surface area contributed by atoms with E-state index < -0.39 is 0 Å². The number of carbonyl (C=O) groups is 1. The fourth-order valence-electron chi connectivity index (χ4n) is 3.19. The summed E-state index contributed by atoms with van der Waals surface area (Å²) in [5.41, 5.74) is 5.12. The Balaban J connectivity index is 1.74. The molecule has 0 saturated carbocycles. The third kappa shape index (κ3) is 3.09. The molecule has 0 amide bonds. The summed E-state index contributed by atoms with van der Waals surface area (Å²) in [5, 5.41) is 6.97. The molecule has 1 heterocycles. The number of benzene rings is 3. The molecule has 3 aromatic rings. The maximum absolute atomic E-state index is 10.9. The number of anilines is 1. The number of nitrogens with zero attached hydrogens (tertiary/aromatic N) is 2. The van der Waals surface area contributed by atoms with Gasteiger partial charge in [0.15, 0.2) is 0 Å². The van der Waals surface area contributed by atoms with Crippen molar-refractivity contribution in [2.24, 2.45) is 5.10 Å². The maximum Gasteiger partial charge on any atom is 0.150 e. The Bertz CT molecular complexity index is 886. The quantitative estimate of drug-likeness (QED) is 0.642. The van der Waals surface area contributed by atoms with Gasteiger partial charge in [0.05, 0.1) is 17.4 Å². The fourth-order valence-corrected chi connectivity index (χ4v) is 3.19. The van der Waals surface area contributed by atoms with E-state index in [1.54, 1.807) is 0 Å². The normalized spacial score (nSPS) is 16.6. The zero-order valence-electron chi connectivity index (χ0n) is 13.7. The Morgan fingerprint density at radius 3 is 2.12 bits per heavy atom. The van der Waals surface area contributed by atoms with Gasteiger partial charge in [0, 0.05) is 12.0 Å². The van der Waals surface area contributed by atoms with Gasteiger partial charge < -0.3 is 0 Å². The van der Waals surface area contributed by atoms with E-state index in [-0.39, 0.29) is 6.04 Å². The average Bonchev–Trinajstić information content (AvgIpc) is 3.15. The van der Waals surface area contributed by atoms with Crippen LogP contribution in [0.2, 0.25) is 0 Å². The number of rotatable bonds is 4. The highest BCUT2D eigenvalue weighted by molar-refractivity contribution is 6.03. The highest BCUT2D eigenvalue weighted by atomic mass is 16.1. The van der Waals surface area contributed by atoms with Crippen LogP contribution < -0.4 is 5.01 Å². The smallest absolute Gasteiger partial charge is 0.150 e. The minimum absolute atomic E-state index is 0.151. The number of hydrazone groups is 1. The Labute approximate surface area is 147 Å². The van der Waals surface area contributed by atoms with Crippen molar-refractivity contribution in [1.82, 2.24) is 0 Å². The van der Waals surface area contributed by atoms with Crippen molar-refractivity contribution in [2.75, 3.05) is 5.01 Å². The average molecular weight is 326 g/mol. The number of hydrogen-bond donors (Lipinski definition) is 0. The van der Waals surface area contributed by atoms with Crippen LogP contribution in [0.15, 0.2) is 90.0 Å². The number of hydrogen-bond acceptors (Lipinski definition) is 3. The van der Waals surface area contributed by atoms with Crippen LogP contribution in [0, 0.1) is 0 Å². The highest BCUT2D eigenvalue weighted by Gasteiger charge is 2.29. The Hall–Kier alpha value is -3.20.